The van der Waals surface area contributed by atoms with Crippen LogP contribution in [-0.4, -0.2) is 101 Å². The highest BCUT2D eigenvalue weighted by molar-refractivity contribution is 5.97. The number of carbonyl (C=O) groups excluding carboxylic acids is 3. The van der Waals surface area contributed by atoms with E-state index in [9.17, 15) is 19.5 Å². The first kappa shape index (κ1) is 43.2. The fraction of sp³-hybridized carbons (Fsp3) is 0.875. The van der Waals surface area contributed by atoms with Crippen molar-refractivity contribution in [1.82, 2.24) is 25.3 Å². The lowest BCUT2D eigenvalue weighted by Gasteiger charge is -2.44. The minimum absolute atomic E-state index is 0.0473. The van der Waals surface area contributed by atoms with Crippen molar-refractivity contribution in [2.75, 3.05) is 26.7 Å². The SMILES string of the molecule is CCCCCCCCCCCNC(=O)C1CCCN1C(=O)/C(C)=C/[C@H](C(C)C)N(C)C(=O)C(NC(O)C1CCCCN1C(C)C)C(C)(C)C. The first-order chi connectivity index (χ1) is 23.1. The molecule has 4 unspecified atom stereocenters. The van der Waals surface area contributed by atoms with Gasteiger partial charge in [-0.1, -0.05) is 105 Å². The van der Waals surface area contributed by atoms with Crippen LogP contribution >= 0.6 is 0 Å². The van der Waals surface area contributed by atoms with Gasteiger partial charge in [0.15, 0.2) is 0 Å². The summed E-state index contributed by atoms with van der Waals surface area (Å²) in [5.74, 6) is -0.258. The maximum absolute atomic E-state index is 14.2. The highest BCUT2D eigenvalue weighted by atomic mass is 16.3. The minimum Gasteiger partial charge on any atom is -0.377 e. The van der Waals surface area contributed by atoms with Crippen LogP contribution in [-0.2, 0) is 14.4 Å². The molecule has 0 aromatic heterocycles. The van der Waals surface area contributed by atoms with E-state index in [0.717, 1.165) is 45.1 Å². The summed E-state index contributed by atoms with van der Waals surface area (Å²) in [6.45, 7) is 20.7. The summed E-state index contributed by atoms with van der Waals surface area (Å²) < 4.78 is 0. The van der Waals surface area contributed by atoms with Crippen LogP contribution in [0.25, 0.3) is 0 Å². The van der Waals surface area contributed by atoms with Crippen LogP contribution < -0.4 is 10.6 Å². The summed E-state index contributed by atoms with van der Waals surface area (Å²) in [6, 6.07) is -1.14. The number of amides is 3. The van der Waals surface area contributed by atoms with Crippen LogP contribution in [0.4, 0.5) is 0 Å². The number of hydrogen-bond acceptors (Lipinski definition) is 6. The van der Waals surface area contributed by atoms with E-state index in [4.69, 9.17) is 0 Å². The number of likely N-dealkylation sites (N-methyl/N-ethyl adjacent to an activating group) is 1. The van der Waals surface area contributed by atoms with Crippen molar-refractivity contribution >= 4 is 17.7 Å². The van der Waals surface area contributed by atoms with Gasteiger partial charge in [-0.25, -0.2) is 0 Å². The van der Waals surface area contributed by atoms with Gasteiger partial charge in [0, 0.05) is 37.8 Å². The van der Waals surface area contributed by atoms with Crippen LogP contribution in [0.15, 0.2) is 11.6 Å². The number of piperidine rings is 1. The maximum atomic E-state index is 14.2. The van der Waals surface area contributed by atoms with Crippen molar-refractivity contribution in [3.8, 4) is 0 Å². The molecule has 2 aliphatic rings. The van der Waals surface area contributed by atoms with Gasteiger partial charge in [0.25, 0.3) is 0 Å². The van der Waals surface area contributed by atoms with Crippen molar-refractivity contribution in [2.24, 2.45) is 11.3 Å². The average Bonchev–Trinajstić information content (AvgIpc) is 3.55. The molecule has 0 aromatic rings. The number of aliphatic hydroxyl groups excluding tert-OH is 1. The van der Waals surface area contributed by atoms with Crippen LogP contribution in [0.1, 0.15) is 152 Å². The summed E-state index contributed by atoms with van der Waals surface area (Å²) in [5, 5.41) is 17.9. The van der Waals surface area contributed by atoms with Crippen molar-refractivity contribution in [2.45, 2.75) is 189 Å². The molecule has 0 aromatic carbocycles. The van der Waals surface area contributed by atoms with Crippen LogP contribution in [0, 0.1) is 11.3 Å². The fourth-order valence-corrected chi connectivity index (χ4v) is 7.64. The summed E-state index contributed by atoms with van der Waals surface area (Å²) in [7, 11) is 1.80. The highest BCUT2D eigenvalue weighted by Gasteiger charge is 2.40. The van der Waals surface area contributed by atoms with Crippen molar-refractivity contribution in [3.63, 3.8) is 0 Å². The Labute approximate surface area is 300 Å². The monoisotopic (exact) mass is 690 g/mol. The zero-order valence-electron chi connectivity index (χ0n) is 33.2. The molecule has 9 heteroatoms. The molecule has 9 nitrogen and oxygen atoms in total. The van der Waals surface area contributed by atoms with Crippen LogP contribution in [0.2, 0.25) is 0 Å². The second kappa shape index (κ2) is 21.4. The number of likely N-dealkylation sites (tertiary alicyclic amines) is 2. The number of nitrogens with one attached hydrogen (secondary N) is 2. The molecule has 2 aliphatic heterocycles. The van der Waals surface area contributed by atoms with Gasteiger partial charge in [0.1, 0.15) is 12.3 Å². The molecule has 2 heterocycles. The lowest BCUT2D eigenvalue weighted by Crippen LogP contribution is -2.62. The second-order valence-electron chi connectivity index (χ2n) is 16.6. The maximum Gasteiger partial charge on any atom is 0.249 e. The number of nitrogens with zero attached hydrogens (tertiary/aromatic N) is 3. The third-order valence-electron chi connectivity index (χ3n) is 10.7. The Morgan fingerprint density at radius 2 is 1.51 bits per heavy atom. The molecule has 2 saturated heterocycles. The molecule has 0 saturated carbocycles. The van der Waals surface area contributed by atoms with Crippen molar-refractivity contribution < 1.29 is 19.5 Å². The Balaban J connectivity index is 2.04. The van der Waals surface area contributed by atoms with Gasteiger partial charge in [-0.2, -0.15) is 0 Å². The lowest BCUT2D eigenvalue weighted by atomic mass is 9.84. The standard InChI is InChI=1S/C40H75N5O4/c1-11-12-13-14-15-16-17-18-20-25-41-36(46)32-24-22-27-45(32)38(48)31(6)28-34(29(2)3)43(10)39(49)35(40(7,8)9)42-37(47)33-23-19-21-26-44(33)30(4)5/h28-30,32-35,37,42,47H,11-27H2,1-10H3,(H,41,46)/b31-28+/t32?,33?,34-,35?,37?/m1/s1. The molecule has 2 fully saturated rings. The lowest BCUT2D eigenvalue weighted by molar-refractivity contribution is -0.139. The number of carbonyl (C=O) groups is 3. The minimum atomic E-state index is -0.834. The normalized spacial score (nSPS) is 21.2. The molecular formula is C40H75N5O4. The largest absolute Gasteiger partial charge is 0.377 e. The highest BCUT2D eigenvalue weighted by Crippen LogP contribution is 2.28. The van der Waals surface area contributed by atoms with Gasteiger partial charge in [-0.3, -0.25) is 24.6 Å². The molecule has 2 rings (SSSR count). The van der Waals surface area contributed by atoms with Crippen molar-refractivity contribution in [1.29, 1.82) is 0 Å². The topological polar surface area (TPSA) is 105 Å². The second-order valence-corrected chi connectivity index (χ2v) is 16.6. The molecule has 3 N–H and O–H groups in total. The molecule has 284 valence electrons. The van der Waals surface area contributed by atoms with Gasteiger partial charge in [-0.05, 0) is 70.8 Å². The Kier molecular flexibility index (Phi) is 18.9. The molecule has 0 bridgehead atoms. The summed E-state index contributed by atoms with van der Waals surface area (Å²) in [4.78, 5) is 47.0. The third-order valence-corrected chi connectivity index (χ3v) is 10.7. The Hall–Kier alpha value is -1.97. The molecule has 0 spiro atoms. The molecular weight excluding hydrogens is 614 g/mol. The number of aliphatic hydroxyl groups is 1. The summed E-state index contributed by atoms with van der Waals surface area (Å²) in [6.07, 6.45) is 16.7. The Bertz CT molecular complexity index is 1040. The van der Waals surface area contributed by atoms with Gasteiger partial charge in [0.05, 0.1) is 12.1 Å². The number of hydrogen-bond donors (Lipinski definition) is 3. The molecule has 0 aliphatic carbocycles. The van der Waals surface area contributed by atoms with E-state index in [1.165, 1.54) is 44.9 Å². The van der Waals surface area contributed by atoms with Gasteiger partial charge >= 0.3 is 0 Å². The van der Waals surface area contributed by atoms with Gasteiger partial charge in [0.2, 0.25) is 17.7 Å². The first-order valence-corrected chi connectivity index (χ1v) is 19.8. The zero-order chi connectivity index (χ0) is 36.7. The van der Waals surface area contributed by atoms with Gasteiger partial charge < -0.3 is 20.2 Å². The van der Waals surface area contributed by atoms with E-state index in [1.807, 2.05) is 26.8 Å². The van der Waals surface area contributed by atoms with E-state index >= 15 is 0 Å². The van der Waals surface area contributed by atoms with E-state index in [2.05, 4.69) is 50.2 Å². The molecule has 0 radical (unpaired) electrons. The third kappa shape index (κ3) is 13.6. The smallest absolute Gasteiger partial charge is 0.249 e. The Morgan fingerprint density at radius 1 is 0.898 bits per heavy atom. The molecule has 5 atom stereocenters. The van der Waals surface area contributed by atoms with E-state index < -0.39 is 23.7 Å². The molecule has 3 amide bonds. The fourth-order valence-electron chi connectivity index (χ4n) is 7.64. The van der Waals surface area contributed by atoms with Gasteiger partial charge in [-0.15, -0.1) is 0 Å². The summed E-state index contributed by atoms with van der Waals surface area (Å²) in [5.41, 5.74) is 0.0940. The van der Waals surface area contributed by atoms with E-state index in [-0.39, 0.29) is 35.7 Å². The number of unbranched alkanes of at least 4 members (excludes halogenated alkanes) is 8. The quantitative estimate of drug-likeness (QED) is 0.0753. The van der Waals surface area contributed by atoms with Crippen molar-refractivity contribution in [3.05, 3.63) is 11.6 Å². The van der Waals surface area contributed by atoms with E-state index in [0.29, 0.717) is 31.1 Å². The predicted octanol–water partition coefficient (Wildman–Crippen LogP) is 6.64. The zero-order valence-corrected chi connectivity index (χ0v) is 33.2. The Morgan fingerprint density at radius 3 is 2.08 bits per heavy atom. The first-order valence-electron chi connectivity index (χ1n) is 19.8. The predicted molar refractivity (Wildman–Crippen MR) is 202 cm³/mol. The van der Waals surface area contributed by atoms with Crippen LogP contribution in [0.3, 0.4) is 0 Å². The molecule has 49 heavy (non-hydrogen) atoms. The number of rotatable bonds is 20. The van der Waals surface area contributed by atoms with E-state index in [1.54, 1.807) is 23.8 Å². The van der Waals surface area contributed by atoms with Crippen LogP contribution in [0.5, 0.6) is 0 Å². The average molecular weight is 690 g/mol. The summed E-state index contributed by atoms with van der Waals surface area (Å²) >= 11 is 0.